The molecule has 1 saturated heterocycles. The molecule has 1 aliphatic rings. The Hall–Kier alpha value is -1.38. The van der Waals surface area contributed by atoms with Crippen molar-refractivity contribution in [2.75, 3.05) is 6.61 Å². The molecular formula is C8H14N4O5. The van der Waals surface area contributed by atoms with E-state index in [1.165, 1.54) is 6.92 Å². The Kier molecular flexibility index (Phi) is 4.67. The molecule has 1 heterocycles. The molecule has 0 spiro atoms. The van der Waals surface area contributed by atoms with Crippen LogP contribution in [0.1, 0.15) is 6.92 Å². The van der Waals surface area contributed by atoms with Gasteiger partial charge in [0.05, 0.1) is 12.6 Å². The van der Waals surface area contributed by atoms with Crippen LogP contribution in [0.3, 0.4) is 0 Å². The molecule has 96 valence electrons. The summed E-state index contributed by atoms with van der Waals surface area (Å²) < 4.78 is 5.08. The Morgan fingerprint density at radius 2 is 2.18 bits per heavy atom. The summed E-state index contributed by atoms with van der Waals surface area (Å²) in [5, 5.41) is 33.8. The third-order valence-corrected chi connectivity index (χ3v) is 2.44. The van der Waals surface area contributed by atoms with Crippen LogP contribution >= 0.6 is 0 Å². The van der Waals surface area contributed by atoms with Crippen molar-refractivity contribution in [2.24, 2.45) is 5.11 Å². The van der Waals surface area contributed by atoms with Crippen molar-refractivity contribution < 1.29 is 24.9 Å². The van der Waals surface area contributed by atoms with Crippen LogP contribution in [0.5, 0.6) is 0 Å². The Balaban J connectivity index is 2.90. The minimum atomic E-state index is -1.39. The van der Waals surface area contributed by atoms with Gasteiger partial charge in [0.2, 0.25) is 5.91 Å². The molecule has 5 atom stereocenters. The lowest BCUT2D eigenvalue weighted by Crippen LogP contribution is -2.63. The van der Waals surface area contributed by atoms with E-state index in [-0.39, 0.29) is 0 Å². The zero-order valence-electron chi connectivity index (χ0n) is 9.09. The highest BCUT2D eigenvalue weighted by molar-refractivity contribution is 5.73. The van der Waals surface area contributed by atoms with Crippen molar-refractivity contribution in [1.29, 1.82) is 0 Å². The number of aliphatic hydroxyl groups excluding tert-OH is 3. The predicted molar refractivity (Wildman–Crippen MR) is 54.5 cm³/mol. The highest BCUT2D eigenvalue weighted by Crippen LogP contribution is 2.22. The van der Waals surface area contributed by atoms with Crippen LogP contribution < -0.4 is 5.32 Å². The van der Waals surface area contributed by atoms with Crippen LogP contribution in [0, 0.1) is 0 Å². The maximum Gasteiger partial charge on any atom is 0.217 e. The van der Waals surface area contributed by atoms with Gasteiger partial charge in [-0.2, -0.15) is 0 Å². The van der Waals surface area contributed by atoms with E-state index in [4.69, 9.17) is 15.4 Å². The number of nitrogens with zero attached hydrogens (tertiary/aromatic N) is 3. The Morgan fingerprint density at radius 1 is 1.53 bits per heavy atom. The minimum Gasteiger partial charge on any atom is -0.394 e. The Morgan fingerprint density at radius 3 is 2.65 bits per heavy atom. The predicted octanol–water partition coefficient (Wildman–Crippen LogP) is -1.76. The second kappa shape index (κ2) is 5.80. The van der Waals surface area contributed by atoms with Gasteiger partial charge >= 0.3 is 0 Å². The highest BCUT2D eigenvalue weighted by atomic mass is 16.5. The molecule has 17 heavy (non-hydrogen) atoms. The second-order valence-corrected chi connectivity index (χ2v) is 3.66. The molecule has 1 fully saturated rings. The van der Waals surface area contributed by atoms with E-state index in [0.717, 1.165) is 0 Å². The maximum absolute atomic E-state index is 10.9. The van der Waals surface area contributed by atoms with E-state index >= 15 is 0 Å². The van der Waals surface area contributed by atoms with Crippen molar-refractivity contribution >= 4 is 5.91 Å². The molecule has 1 rings (SSSR count). The smallest absolute Gasteiger partial charge is 0.217 e. The highest BCUT2D eigenvalue weighted by Gasteiger charge is 2.44. The van der Waals surface area contributed by atoms with Gasteiger partial charge in [-0.25, -0.2) is 0 Å². The number of ether oxygens (including phenoxy) is 1. The molecule has 0 aliphatic carbocycles. The quantitative estimate of drug-likeness (QED) is 0.264. The zero-order valence-corrected chi connectivity index (χ0v) is 9.09. The van der Waals surface area contributed by atoms with Gasteiger partial charge in [0, 0.05) is 11.8 Å². The minimum absolute atomic E-state index is 0.467. The fraction of sp³-hybridized carbons (Fsp3) is 0.875. The average Bonchev–Trinajstić information content (AvgIpc) is 2.28. The van der Waals surface area contributed by atoms with Crippen molar-refractivity contribution in [3.8, 4) is 0 Å². The van der Waals surface area contributed by atoms with Gasteiger partial charge in [-0.1, -0.05) is 5.11 Å². The third-order valence-electron chi connectivity index (χ3n) is 2.44. The summed E-state index contributed by atoms with van der Waals surface area (Å²) in [5.74, 6) is -0.467. The number of rotatable bonds is 3. The molecule has 9 heteroatoms. The van der Waals surface area contributed by atoms with Gasteiger partial charge < -0.3 is 25.4 Å². The summed E-state index contributed by atoms with van der Waals surface area (Å²) in [4.78, 5) is 13.4. The topological polar surface area (TPSA) is 148 Å². The monoisotopic (exact) mass is 246 g/mol. The van der Waals surface area contributed by atoms with E-state index in [2.05, 4.69) is 15.3 Å². The fourth-order valence-electron chi connectivity index (χ4n) is 1.64. The first-order chi connectivity index (χ1) is 8.01. The number of amides is 1. The Labute approximate surface area is 96.6 Å². The van der Waals surface area contributed by atoms with Crippen molar-refractivity contribution in [1.82, 2.24) is 5.32 Å². The van der Waals surface area contributed by atoms with E-state index in [9.17, 15) is 15.0 Å². The summed E-state index contributed by atoms with van der Waals surface area (Å²) in [6, 6.07) is -1.05. The number of azide groups is 1. The van der Waals surface area contributed by atoms with Crippen LogP contribution in [0.4, 0.5) is 0 Å². The van der Waals surface area contributed by atoms with Crippen molar-refractivity contribution in [2.45, 2.75) is 37.5 Å². The largest absolute Gasteiger partial charge is 0.394 e. The van der Waals surface area contributed by atoms with Gasteiger partial charge in [0.1, 0.15) is 18.3 Å². The fourth-order valence-corrected chi connectivity index (χ4v) is 1.64. The van der Waals surface area contributed by atoms with Crippen LogP contribution in [0.25, 0.3) is 10.4 Å². The number of carbonyl (C=O) groups is 1. The average molecular weight is 246 g/mol. The van der Waals surface area contributed by atoms with Crippen LogP contribution in [-0.2, 0) is 9.53 Å². The molecule has 0 radical (unpaired) electrons. The molecule has 0 aromatic rings. The molecule has 1 aliphatic heterocycles. The third kappa shape index (κ3) is 3.05. The molecule has 0 bridgehead atoms. The van der Waals surface area contributed by atoms with Crippen molar-refractivity contribution in [3.63, 3.8) is 0 Å². The molecule has 0 aromatic carbocycles. The van der Waals surface area contributed by atoms with Gasteiger partial charge in [-0.05, 0) is 5.53 Å². The normalized spacial score (nSPS) is 37.1. The van der Waals surface area contributed by atoms with Crippen LogP contribution in [0.15, 0.2) is 5.11 Å². The van der Waals surface area contributed by atoms with Crippen LogP contribution in [0.2, 0.25) is 0 Å². The Bertz CT molecular complexity index is 332. The van der Waals surface area contributed by atoms with E-state index in [1.807, 2.05) is 0 Å². The van der Waals surface area contributed by atoms with Gasteiger partial charge in [-0.3, -0.25) is 4.79 Å². The molecule has 4 N–H and O–H groups in total. The van der Waals surface area contributed by atoms with Gasteiger partial charge in [0.15, 0.2) is 6.23 Å². The van der Waals surface area contributed by atoms with Crippen LogP contribution in [-0.4, -0.2) is 58.4 Å². The number of carbonyl (C=O) groups excluding carboxylic acids is 1. The lowest BCUT2D eigenvalue weighted by Gasteiger charge is -2.40. The lowest BCUT2D eigenvalue weighted by atomic mass is 9.96. The van der Waals surface area contributed by atoms with E-state index in [1.54, 1.807) is 0 Å². The number of nitrogens with one attached hydrogen (secondary N) is 1. The van der Waals surface area contributed by atoms with Gasteiger partial charge in [-0.15, -0.1) is 0 Å². The summed E-state index contributed by atoms with van der Waals surface area (Å²) in [6.07, 6.45) is -5.01. The first-order valence-electron chi connectivity index (χ1n) is 4.95. The van der Waals surface area contributed by atoms with Gasteiger partial charge in [0.25, 0.3) is 0 Å². The molecule has 0 saturated carbocycles. The number of aliphatic hydroxyl groups is 3. The second-order valence-electron chi connectivity index (χ2n) is 3.66. The summed E-state index contributed by atoms with van der Waals surface area (Å²) in [6.45, 7) is 0.673. The first-order valence-corrected chi connectivity index (χ1v) is 4.95. The molecular weight excluding hydrogens is 232 g/mol. The molecule has 0 unspecified atom stereocenters. The summed E-state index contributed by atoms with van der Waals surface area (Å²) >= 11 is 0. The number of hydrogen-bond acceptors (Lipinski definition) is 6. The molecule has 0 aromatic heterocycles. The lowest BCUT2D eigenvalue weighted by molar-refractivity contribution is -0.193. The maximum atomic E-state index is 10.9. The summed E-state index contributed by atoms with van der Waals surface area (Å²) in [7, 11) is 0. The number of hydrogen-bond donors (Lipinski definition) is 4. The standard InChI is InChI=1S/C8H14N4O5/c1-3(14)10-5-7(16)6(15)4(2-13)17-8(5)11-12-9/h4-8,13,15-16H,2H2,1H3,(H,10,14)/t4-,5-,6+,7-,8-/m0/s1. The first kappa shape index (κ1) is 13.7. The van der Waals surface area contributed by atoms with E-state index < -0.39 is 43.1 Å². The van der Waals surface area contributed by atoms with Crippen molar-refractivity contribution in [3.05, 3.63) is 10.4 Å². The SMILES string of the molecule is CC(=O)N[C@H]1[C@H](O)[C@H](O)[C@H](CO)O[C@@H]1N=[N+]=[N-]. The van der Waals surface area contributed by atoms with E-state index in [0.29, 0.717) is 0 Å². The molecule has 1 amide bonds. The molecule has 9 nitrogen and oxygen atoms in total. The zero-order chi connectivity index (χ0) is 13.0. The summed E-state index contributed by atoms with van der Waals surface area (Å²) in [5.41, 5.74) is 8.34.